The van der Waals surface area contributed by atoms with Gasteiger partial charge in [-0.05, 0) is 113 Å². The summed E-state index contributed by atoms with van der Waals surface area (Å²) in [6.45, 7) is 8.85. The molecule has 0 spiro atoms. The van der Waals surface area contributed by atoms with Crippen LogP contribution in [0.15, 0.2) is 0 Å². The summed E-state index contributed by atoms with van der Waals surface area (Å²) in [6, 6.07) is 0. The van der Waals surface area contributed by atoms with Crippen LogP contribution in [0.5, 0.6) is 0 Å². The van der Waals surface area contributed by atoms with Crippen molar-refractivity contribution >= 4 is 5.78 Å². The second kappa shape index (κ2) is 12.1. The summed E-state index contributed by atoms with van der Waals surface area (Å²) in [5.41, 5.74) is 0. The lowest BCUT2D eigenvalue weighted by Crippen LogP contribution is -2.33. The molecule has 30 heavy (non-hydrogen) atoms. The van der Waals surface area contributed by atoms with Gasteiger partial charge in [0.15, 0.2) is 0 Å². The molecule has 0 radical (unpaired) electrons. The first-order chi connectivity index (χ1) is 14.6. The van der Waals surface area contributed by atoms with Gasteiger partial charge in [-0.1, -0.05) is 53.4 Å². The van der Waals surface area contributed by atoms with Gasteiger partial charge in [0, 0.05) is 11.8 Å². The van der Waals surface area contributed by atoms with Gasteiger partial charge in [-0.2, -0.15) is 0 Å². The van der Waals surface area contributed by atoms with Crippen LogP contribution in [-0.2, 0) is 4.79 Å². The number of hydrogen-bond donors (Lipinski definition) is 0. The summed E-state index contributed by atoms with van der Waals surface area (Å²) in [5, 5.41) is 0. The number of ketones is 1. The number of hydrogen-bond acceptors (Lipinski definition) is 1. The molecule has 0 bridgehead atoms. The SMILES string of the molecule is CC.CC1CCC(C2CCC(C(=O)C3CCC(C4CCC(C)CC4)CC3)CC2)CC1. The van der Waals surface area contributed by atoms with Crippen LogP contribution in [0, 0.1) is 47.3 Å². The van der Waals surface area contributed by atoms with Crippen molar-refractivity contribution in [3.63, 3.8) is 0 Å². The van der Waals surface area contributed by atoms with Crippen LogP contribution in [0.25, 0.3) is 0 Å². The van der Waals surface area contributed by atoms with Crippen molar-refractivity contribution in [2.45, 2.75) is 130 Å². The second-order valence-electron chi connectivity index (χ2n) is 11.7. The van der Waals surface area contributed by atoms with Gasteiger partial charge in [0.25, 0.3) is 0 Å². The van der Waals surface area contributed by atoms with E-state index in [9.17, 15) is 4.79 Å². The van der Waals surface area contributed by atoms with E-state index in [1.165, 1.54) is 103 Å². The van der Waals surface area contributed by atoms with Crippen LogP contribution >= 0.6 is 0 Å². The predicted octanol–water partition coefficient (Wildman–Crippen LogP) is 8.85. The predicted molar refractivity (Wildman–Crippen MR) is 129 cm³/mol. The van der Waals surface area contributed by atoms with Crippen LogP contribution in [0.3, 0.4) is 0 Å². The van der Waals surface area contributed by atoms with E-state index >= 15 is 0 Å². The maximum absolute atomic E-state index is 13.2. The van der Waals surface area contributed by atoms with E-state index in [-0.39, 0.29) is 0 Å². The minimum Gasteiger partial charge on any atom is -0.299 e. The first kappa shape index (κ1) is 24.3. The number of Topliss-reactive ketones (excluding diaryl/α,β-unsaturated/α-hetero) is 1. The topological polar surface area (TPSA) is 17.1 Å². The van der Waals surface area contributed by atoms with Gasteiger partial charge in [0.2, 0.25) is 0 Å². The zero-order valence-corrected chi connectivity index (χ0v) is 20.8. The zero-order valence-electron chi connectivity index (χ0n) is 20.8. The van der Waals surface area contributed by atoms with Crippen molar-refractivity contribution in [3.8, 4) is 0 Å². The largest absolute Gasteiger partial charge is 0.299 e. The number of carbonyl (C=O) groups is 1. The van der Waals surface area contributed by atoms with Crippen LogP contribution in [0.2, 0.25) is 0 Å². The van der Waals surface area contributed by atoms with Crippen molar-refractivity contribution in [2.75, 3.05) is 0 Å². The highest BCUT2D eigenvalue weighted by atomic mass is 16.1. The quantitative estimate of drug-likeness (QED) is 0.447. The van der Waals surface area contributed by atoms with Gasteiger partial charge in [0.05, 0.1) is 0 Å². The molecule has 1 heteroatoms. The van der Waals surface area contributed by atoms with Gasteiger partial charge in [-0.3, -0.25) is 4.79 Å². The summed E-state index contributed by atoms with van der Waals surface area (Å²) in [4.78, 5) is 13.2. The van der Waals surface area contributed by atoms with Crippen molar-refractivity contribution in [2.24, 2.45) is 47.3 Å². The summed E-state index contributed by atoms with van der Waals surface area (Å²) < 4.78 is 0. The van der Waals surface area contributed by atoms with Gasteiger partial charge in [-0.25, -0.2) is 0 Å². The Bertz CT molecular complexity index is 434. The second-order valence-corrected chi connectivity index (χ2v) is 11.7. The molecule has 1 nitrogen and oxygen atoms in total. The van der Waals surface area contributed by atoms with Crippen LogP contribution in [-0.4, -0.2) is 5.78 Å². The highest BCUT2D eigenvalue weighted by Crippen LogP contribution is 2.45. The molecule has 4 fully saturated rings. The Hall–Kier alpha value is -0.330. The van der Waals surface area contributed by atoms with Crippen LogP contribution < -0.4 is 0 Å². The fourth-order valence-electron chi connectivity index (χ4n) is 7.60. The molecule has 0 saturated heterocycles. The zero-order chi connectivity index (χ0) is 21.5. The van der Waals surface area contributed by atoms with Crippen molar-refractivity contribution in [1.82, 2.24) is 0 Å². The highest BCUT2D eigenvalue weighted by Gasteiger charge is 2.37. The van der Waals surface area contributed by atoms with E-state index < -0.39 is 0 Å². The molecule has 4 saturated carbocycles. The molecule has 0 aliphatic heterocycles. The molecule has 174 valence electrons. The Labute approximate surface area is 188 Å². The first-order valence-corrected chi connectivity index (χ1v) is 14.1. The normalized spacial score (nSPS) is 42.7. The molecule has 4 aliphatic rings. The fraction of sp³-hybridized carbons (Fsp3) is 0.966. The lowest BCUT2D eigenvalue weighted by molar-refractivity contribution is -0.129. The number of carbonyl (C=O) groups excluding carboxylic acids is 1. The van der Waals surface area contributed by atoms with Crippen molar-refractivity contribution in [3.05, 3.63) is 0 Å². The van der Waals surface area contributed by atoms with E-state index in [0.29, 0.717) is 17.6 Å². The van der Waals surface area contributed by atoms with Crippen LogP contribution in [0.4, 0.5) is 0 Å². The average Bonchev–Trinajstić information content (AvgIpc) is 2.81. The Morgan fingerprint density at radius 1 is 0.433 bits per heavy atom. The van der Waals surface area contributed by atoms with Gasteiger partial charge >= 0.3 is 0 Å². The van der Waals surface area contributed by atoms with Gasteiger partial charge in [-0.15, -0.1) is 0 Å². The third kappa shape index (κ3) is 6.35. The summed E-state index contributed by atoms with van der Waals surface area (Å²) in [5.74, 6) is 7.32. The van der Waals surface area contributed by atoms with E-state index in [1.54, 1.807) is 0 Å². The minimum absolute atomic E-state index is 0.427. The van der Waals surface area contributed by atoms with Gasteiger partial charge < -0.3 is 0 Å². The van der Waals surface area contributed by atoms with E-state index in [4.69, 9.17) is 0 Å². The van der Waals surface area contributed by atoms with Crippen LogP contribution in [0.1, 0.15) is 130 Å². The third-order valence-electron chi connectivity index (χ3n) is 9.80. The fourth-order valence-corrected chi connectivity index (χ4v) is 7.60. The van der Waals surface area contributed by atoms with E-state index in [2.05, 4.69) is 13.8 Å². The maximum Gasteiger partial charge on any atom is 0.139 e. The van der Waals surface area contributed by atoms with E-state index in [0.717, 1.165) is 35.5 Å². The molecule has 0 aromatic carbocycles. The smallest absolute Gasteiger partial charge is 0.139 e. The van der Waals surface area contributed by atoms with Crippen molar-refractivity contribution < 1.29 is 4.79 Å². The number of rotatable bonds is 4. The molecule has 0 unspecified atom stereocenters. The monoisotopic (exact) mass is 416 g/mol. The first-order valence-electron chi connectivity index (χ1n) is 14.1. The van der Waals surface area contributed by atoms with E-state index in [1.807, 2.05) is 13.8 Å². The summed E-state index contributed by atoms with van der Waals surface area (Å²) >= 11 is 0. The molecule has 0 N–H and O–H groups in total. The molecular weight excluding hydrogens is 364 g/mol. The highest BCUT2D eigenvalue weighted by molar-refractivity contribution is 5.83. The molecule has 0 aromatic rings. The lowest BCUT2D eigenvalue weighted by Gasteiger charge is -2.39. The molecule has 0 heterocycles. The Morgan fingerprint density at radius 2 is 0.667 bits per heavy atom. The lowest BCUT2D eigenvalue weighted by atomic mass is 9.65. The average molecular weight is 417 g/mol. The van der Waals surface area contributed by atoms with Crippen molar-refractivity contribution in [1.29, 1.82) is 0 Å². The molecule has 0 atom stereocenters. The Balaban J connectivity index is 0.00000124. The Kier molecular flexibility index (Phi) is 9.77. The van der Waals surface area contributed by atoms with Gasteiger partial charge in [0.1, 0.15) is 5.78 Å². The third-order valence-corrected chi connectivity index (χ3v) is 9.80. The summed E-state index contributed by atoms with van der Waals surface area (Å²) in [7, 11) is 0. The molecule has 0 amide bonds. The Morgan fingerprint density at radius 3 is 0.933 bits per heavy atom. The summed E-state index contributed by atoms with van der Waals surface area (Å²) in [6.07, 6.45) is 22.0. The molecule has 4 rings (SSSR count). The standard InChI is InChI=1S/C27H46O.C2H6/c1-19-3-7-21(8-4-19)23-11-15-25(16-12-23)27(28)26-17-13-24(14-18-26)22-9-5-20(2)6-10-22;1-2/h19-26H,3-18H2,1-2H3;1-2H3. The molecule has 4 aliphatic carbocycles. The maximum atomic E-state index is 13.2. The molecule has 0 aromatic heterocycles. The minimum atomic E-state index is 0.427. The molecular formula is C29H52O.